The minimum atomic E-state index is -0.269. The zero-order valence-electron chi connectivity index (χ0n) is 11.4. The Hall–Kier alpha value is -1.87. The standard InChI is InChI=1S/C17H19FN2/c18-16-7-6-15(17(19)10-16)12-20-9-8-14(11-20)13-4-2-1-3-5-13/h1-7,10,14H,8-9,11-12,19H2. The fourth-order valence-electron chi connectivity index (χ4n) is 2.92. The van der Waals surface area contributed by atoms with Crippen LogP contribution >= 0.6 is 0 Å². The van der Waals surface area contributed by atoms with Gasteiger partial charge in [-0.15, -0.1) is 0 Å². The van der Waals surface area contributed by atoms with Crippen molar-refractivity contribution in [2.75, 3.05) is 18.8 Å². The molecule has 1 aliphatic heterocycles. The van der Waals surface area contributed by atoms with Crippen molar-refractivity contribution in [2.45, 2.75) is 18.9 Å². The topological polar surface area (TPSA) is 29.3 Å². The lowest BCUT2D eigenvalue weighted by atomic mass is 9.99. The molecule has 1 unspecified atom stereocenters. The van der Waals surface area contributed by atoms with Crippen LogP contribution in [0.5, 0.6) is 0 Å². The van der Waals surface area contributed by atoms with Crippen molar-refractivity contribution in [2.24, 2.45) is 0 Å². The van der Waals surface area contributed by atoms with E-state index in [2.05, 4.69) is 35.2 Å². The Bertz CT molecular complexity index is 583. The number of nitrogens with two attached hydrogens (primary N) is 1. The molecule has 1 fully saturated rings. The van der Waals surface area contributed by atoms with Crippen LogP contribution in [0.3, 0.4) is 0 Å². The molecule has 2 aromatic carbocycles. The predicted octanol–water partition coefficient (Wildman–Crippen LogP) is 3.40. The molecule has 0 aromatic heterocycles. The van der Waals surface area contributed by atoms with Gasteiger partial charge in [0.05, 0.1) is 0 Å². The first kappa shape index (κ1) is 13.1. The highest BCUT2D eigenvalue weighted by molar-refractivity contribution is 5.46. The third-order valence-corrected chi connectivity index (χ3v) is 4.05. The molecule has 1 atom stereocenters. The van der Waals surface area contributed by atoms with Crippen LogP contribution in [0.15, 0.2) is 48.5 Å². The molecule has 104 valence electrons. The SMILES string of the molecule is Nc1cc(F)ccc1CN1CCC(c2ccccc2)C1. The average Bonchev–Trinajstić information content (AvgIpc) is 2.92. The van der Waals surface area contributed by atoms with Gasteiger partial charge in [-0.05, 0) is 42.1 Å². The van der Waals surface area contributed by atoms with Crippen molar-refractivity contribution in [3.63, 3.8) is 0 Å². The lowest BCUT2D eigenvalue weighted by molar-refractivity contribution is 0.327. The lowest BCUT2D eigenvalue weighted by Gasteiger charge is -2.17. The van der Waals surface area contributed by atoms with Crippen molar-refractivity contribution in [1.82, 2.24) is 4.90 Å². The summed E-state index contributed by atoms with van der Waals surface area (Å²) in [6.07, 6.45) is 1.17. The van der Waals surface area contributed by atoms with Crippen molar-refractivity contribution in [3.8, 4) is 0 Å². The van der Waals surface area contributed by atoms with Gasteiger partial charge >= 0.3 is 0 Å². The summed E-state index contributed by atoms with van der Waals surface area (Å²) in [5, 5.41) is 0. The molecule has 1 heterocycles. The molecule has 0 aliphatic carbocycles. The van der Waals surface area contributed by atoms with E-state index >= 15 is 0 Å². The van der Waals surface area contributed by atoms with Gasteiger partial charge in [-0.2, -0.15) is 0 Å². The molecule has 3 rings (SSSR count). The van der Waals surface area contributed by atoms with Crippen molar-refractivity contribution >= 4 is 5.69 Å². The van der Waals surface area contributed by atoms with Gasteiger partial charge in [0.1, 0.15) is 5.82 Å². The third-order valence-electron chi connectivity index (χ3n) is 4.05. The molecule has 2 aromatic rings. The Morgan fingerprint density at radius 1 is 1.15 bits per heavy atom. The number of hydrogen-bond acceptors (Lipinski definition) is 2. The molecule has 0 spiro atoms. The van der Waals surface area contributed by atoms with Crippen molar-refractivity contribution in [1.29, 1.82) is 0 Å². The van der Waals surface area contributed by atoms with E-state index in [9.17, 15) is 4.39 Å². The van der Waals surface area contributed by atoms with Gasteiger partial charge in [-0.3, -0.25) is 4.90 Å². The lowest BCUT2D eigenvalue weighted by Crippen LogP contribution is -2.20. The van der Waals surface area contributed by atoms with Crippen molar-refractivity contribution < 1.29 is 4.39 Å². The molecule has 2 N–H and O–H groups in total. The molecule has 3 heteroatoms. The normalized spacial score (nSPS) is 19.4. The summed E-state index contributed by atoms with van der Waals surface area (Å²) in [5.74, 6) is 0.327. The smallest absolute Gasteiger partial charge is 0.125 e. The number of nitrogen functional groups attached to an aromatic ring is 1. The highest BCUT2D eigenvalue weighted by atomic mass is 19.1. The number of nitrogens with zero attached hydrogens (tertiary/aromatic N) is 1. The molecule has 0 amide bonds. The van der Waals surface area contributed by atoms with Crippen molar-refractivity contribution in [3.05, 3.63) is 65.5 Å². The third kappa shape index (κ3) is 2.83. The maximum Gasteiger partial charge on any atom is 0.125 e. The van der Waals surface area contributed by atoms with Gasteiger partial charge < -0.3 is 5.73 Å². The minimum absolute atomic E-state index is 0.269. The first-order valence-electron chi connectivity index (χ1n) is 7.03. The van der Waals surface area contributed by atoms with E-state index < -0.39 is 0 Å². The second-order valence-electron chi connectivity index (χ2n) is 5.47. The van der Waals surface area contributed by atoms with E-state index in [0.717, 1.165) is 25.2 Å². The molecule has 20 heavy (non-hydrogen) atoms. The fraction of sp³-hybridized carbons (Fsp3) is 0.294. The van der Waals surface area contributed by atoms with Crippen LogP contribution in [0, 0.1) is 5.82 Å². The fourth-order valence-corrected chi connectivity index (χ4v) is 2.92. The van der Waals surface area contributed by atoms with Crippen LogP contribution in [0.4, 0.5) is 10.1 Å². The van der Waals surface area contributed by atoms with Gasteiger partial charge in [0.2, 0.25) is 0 Å². The Morgan fingerprint density at radius 2 is 1.95 bits per heavy atom. The number of anilines is 1. The number of halogens is 1. The molecule has 2 nitrogen and oxygen atoms in total. The Morgan fingerprint density at radius 3 is 2.70 bits per heavy atom. The molecular formula is C17H19FN2. The maximum absolute atomic E-state index is 13.1. The highest BCUT2D eigenvalue weighted by Crippen LogP contribution is 2.28. The zero-order chi connectivity index (χ0) is 13.9. The zero-order valence-corrected chi connectivity index (χ0v) is 11.4. The predicted molar refractivity (Wildman–Crippen MR) is 79.9 cm³/mol. The number of rotatable bonds is 3. The Kier molecular flexibility index (Phi) is 3.70. The van der Waals surface area contributed by atoms with Crippen LogP contribution in [0.2, 0.25) is 0 Å². The molecule has 0 bridgehead atoms. The Labute approximate surface area is 119 Å². The number of likely N-dealkylation sites (tertiary alicyclic amines) is 1. The summed E-state index contributed by atoms with van der Waals surface area (Å²) in [5.41, 5.74) is 8.85. The summed E-state index contributed by atoms with van der Waals surface area (Å²) >= 11 is 0. The maximum atomic E-state index is 13.1. The van der Waals surface area contributed by atoms with Gasteiger partial charge in [0, 0.05) is 18.8 Å². The largest absolute Gasteiger partial charge is 0.398 e. The second kappa shape index (κ2) is 5.63. The summed E-state index contributed by atoms with van der Waals surface area (Å²) in [4.78, 5) is 2.39. The van der Waals surface area contributed by atoms with Gasteiger partial charge in [-0.1, -0.05) is 36.4 Å². The van der Waals surface area contributed by atoms with Crippen LogP contribution in [0.25, 0.3) is 0 Å². The average molecular weight is 270 g/mol. The second-order valence-corrected chi connectivity index (χ2v) is 5.47. The highest BCUT2D eigenvalue weighted by Gasteiger charge is 2.23. The summed E-state index contributed by atoms with van der Waals surface area (Å²) in [6, 6.07) is 15.3. The van der Waals surface area contributed by atoms with Crippen LogP contribution < -0.4 is 5.73 Å². The van der Waals surface area contributed by atoms with E-state index in [1.54, 1.807) is 6.07 Å². The summed E-state index contributed by atoms with van der Waals surface area (Å²) in [6.45, 7) is 2.91. The van der Waals surface area contributed by atoms with E-state index in [1.807, 2.05) is 0 Å². The van der Waals surface area contributed by atoms with Gasteiger partial charge in [0.25, 0.3) is 0 Å². The molecule has 1 saturated heterocycles. The Balaban J connectivity index is 1.66. The van der Waals surface area contributed by atoms with Gasteiger partial charge in [-0.25, -0.2) is 4.39 Å². The summed E-state index contributed by atoms with van der Waals surface area (Å²) < 4.78 is 13.1. The molecule has 0 saturated carbocycles. The molecular weight excluding hydrogens is 251 g/mol. The van der Waals surface area contributed by atoms with Crippen LogP contribution in [-0.4, -0.2) is 18.0 Å². The number of benzene rings is 2. The first-order chi connectivity index (χ1) is 9.72. The van der Waals surface area contributed by atoms with E-state index in [1.165, 1.54) is 24.1 Å². The minimum Gasteiger partial charge on any atom is -0.398 e. The summed E-state index contributed by atoms with van der Waals surface area (Å²) in [7, 11) is 0. The monoisotopic (exact) mass is 270 g/mol. The quantitative estimate of drug-likeness (QED) is 0.866. The van der Waals surface area contributed by atoms with Gasteiger partial charge in [0.15, 0.2) is 0 Å². The van der Waals surface area contributed by atoms with E-state index in [-0.39, 0.29) is 5.82 Å². The van der Waals surface area contributed by atoms with Crippen LogP contribution in [-0.2, 0) is 6.54 Å². The van der Waals surface area contributed by atoms with Crippen LogP contribution in [0.1, 0.15) is 23.5 Å². The number of hydrogen-bond donors (Lipinski definition) is 1. The molecule has 1 aliphatic rings. The first-order valence-corrected chi connectivity index (χ1v) is 7.03. The molecule has 0 radical (unpaired) electrons. The van der Waals surface area contributed by atoms with E-state index in [0.29, 0.717) is 11.6 Å². The van der Waals surface area contributed by atoms with E-state index in [4.69, 9.17) is 5.73 Å².